The minimum atomic E-state index is -0.494. The number of rotatable bonds is 6. The molecule has 0 bridgehead atoms. The zero-order valence-electron chi connectivity index (χ0n) is 11.4. The molecule has 1 unspecified atom stereocenters. The summed E-state index contributed by atoms with van der Waals surface area (Å²) in [5, 5.41) is 2.87. The Balaban J connectivity index is 2.82. The summed E-state index contributed by atoms with van der Waals surface area (Å²) in [5.41, 5.74) is 7.54. The average Bonchev–Trinajstić information content (AvgIpc) is 2.37. The molecule has 0 saturated heterocycles. The third-order valence-corrected chi connectivity index (χ3v) is 2.98. The van der Waals surface area contributed by atoms with E-state index in [4.69, 9.17) is 5.73 Å². The number of para-hydroxylation sites is 1. The van der Waals surface area contributed by atoms with Crippen molar-refractivity contribution in [3.8, 4) is 0 Å². The first-order valence-electron chi connectivity index (χ1n) is 6.45. The Kier molecular flexibility index (Phi) is 5.82. The molecule has 1 amide bonds. The second kappa shape index (κ2) is 7.13. The van der Waals surface area contributed by atoms with E-state index in [-0.39, 0.29) is 5.91 Å². The summed E-state index contributed by atoms with van der Waals surface area (Å²) in [7, 11) is 0. The Morgan fingerprint density at radius 2 is 1.94 bits per heavy atom. The van der Waals surface area contributed by atoms with Crippen LogP contribution in [0.5, 0.6) is 0 Å². The van der Waals surface area contributed by atoms with E-state index in [0.717, 1.165) is 30.9 Å². The Morgan fingerprint density at radius 3 is 2.50 bits per heavy atom. The fourth-order valence-corrected chi connectivity index (χ4v) is 1.71. The van der Waals surface area contributed by atoms with E-state index >= 15 is 0 Å². The number of benzene rings is 1. The molecule has 0 aliphatic rings. The molecule has 0 heterocycles. The highest BCUT2D eigenvalue weighted by Gasteiger charge is 2.11. The summed E-state index contributed by atoms with van der Waals surface area (Å²) in [6, 6.07) is 7.36. The topological polar surface area (TPSA) is 58.4 Å². The molecule has 0 aromatic heterocycles. The van der Waals surface area contributed by atoms with E-state index in [1.807, 2.05) is 24.3 Å². The Hall–Kier alpha value is -1.39. The van der Waals surface area contributed by atoms with Crippen molar-refractivity contribution in [2.45, 2.75) is 33.4 Å². The van der Waals surface area contributed by atoms with E-state index in [9.17, 15) is 4.79 Å². The lowest BCUT2D eigenvalue weighted by Crippen LogP contribution is -2.33. The summed E-state index contributed by atoms with van der Waals surface area (Å²) >= 11 is 0. The molecule has 0 aliphatic carbocycles. The van der Waals surface area contributed by atoms with Gasteiger partial charge in [-0.1, -0.05) is 32.0 Å². The third-order valence-electron chi connectivity index (χ3n) is 2.98. The van der Waals surface area contributed by atoms with Crippen molar-refractivity contribution in [2.75, 3.05) is 18.4 Å². The van der Waals surface area contributed by atoms with Crippen molar-refractivity contribution in [1.82, 2.24) is 4.90 Å². The van der Waals surface area contributed by atoms with Crippen molar-refractivity contribution in [3.05, 3.63) is 29.8 Å². The van der Waals surface area contributed by atoms with Gasteiger partial charge in [-0.05, 0) is 31.6 Å². The largest absolute Gasteiger partial charge is 0.324 e. The van der Waals surface area contributed by atoms with Gasteiger partial charge in [-0.25, -0.2) is 0 Å². The van der Waals surface area contributed by atoms with Crippen LogP contribution in [-0.2, 0) is 11.3 Å². The molecule has 0 spiro atoms. The summed E-state index contributed by atoms with van der Waals surface area (Å²) in [4.78, 5) is 13.9. The normalized spacial score (nSPS) is 12.5. The predicted octanol–water partition coefficient (Wildman–Crippen LogP) is 1.81. The van der Waals surface area contributed by atoms with Gasteiger partial charge in [-0.15, -0.1) is 0 Å². The maximum absolute atomic E-state index is 11.6. The Bertz CT molecular complexity index is 386. The molecule has 0 fully saturated rings. The number of nitrogens with one attached hydrogen (secondary N) is 1. The zero-order chi connectivity index (χ0) is 13.5. The van der Waals surface area contributed by atoms with Gasteiger partial charge in [-0.2, -0.15) is 0 Å². The lowest BCUT2D eigenvalue weighted by molar-refractivity contribution is -0.117. The second-order valence-electron chi connectivity index (χ2n) is 4.40. The first kappa shape index (κ1) is 14.7. The van der Waals surface area contributed by atoms with Crippen molar-refractivity contribution >= 4 is 11.6 Å². The molecule has 4 heteroatoms. The van der Waals surface area contributed by atoms with Gasteiger partial charge < -0.3 is 11.1 Å². The van der Waals surface area contributed by atoms with E-state index in [2.05, 4.69) is 24.1 Å². The van der Waals surface area contributed by atoms with Crippen LogP contribution < -0.4 is 11.1 Å². The van der Waals surface area contributed by atoms with Crippen molar-refractivity contribution in [3.63, 3.8) is 0 Å². The third kappa shape index (κ3) is 4.13. The first-order chi connectivity index (χ1) is 8.58. The standard InChI is InChI=1S/C14H23N3O/c1-4-17(5-2)10-12-8-6-7-9-13(12)16-14(18)11(3)15/h6-9,11H,4-5,10,15H2,1-3H3,(H,16,18). The van der Waals surface area contributed by atoms with Gasteiger partial charge in [-0.3, -0.25) is 9.69 Å². The van der Waals surface area contributed by atoms with Gasteiger partial charge in [0.2, 0.25) is 5.91 Å². The van der Waals surface area contributed by atoms with Crippen LogP contribution in [-0.4, -0.2) is 29.9 Å². The Labute approximate surface area is 109 Å². The molecule has 3 N–H and O–H groups in total. The van der Waals surface area contributed by atoms with Crippen LogP contribution in [0.25, 0.3) is 0 Å². The van der Waals surface area contributed by atoms with Gasteiger partial charge in [0.25, 0.3) is 0 Å². The van der Waals surface area contributed by atoms with Gasteiger partial charge in [0.15, 0.2) is 0 Å². The number of hydrogen-bond acceptors (Lipinski definition) is 3. The fraction of sp³-hybridized carbons (Fsp3) is 0.500. The smallest absolute Gasteiger partial charge is 0.241 e. The van der Waals surface area contributed by atoms with E-state index in [1.165, 1.54) is 0 Å². The average molecular weight is 249 g/mol. The molecule has 1 atom stereocenters. The van der Waals surface area contributed by atoms with Crippen molar-refractivity contribution in [2.24, 2.45) is 5.73 Å². The SMILES string of the molecule is CCN(CC)Cc1ccccc1NC(=O)C(C)N. The van der Waals surface area contributed by atoms with Crippen LogP contribution in [0.15, 0.2) is 24.3 Å². The minimum Gasteiger partial charge on any atom is -0.324 e. The van der Waals surface area contributed by atoms with E-state index in [0.29, 0.717) is 0 Å². The lowest BCUT2D eigenvalue weighted by Gasteiger charge is -2.20. The number of carbonyl (C=O) groups excluding carboxylic acids is 1. The van der Waals surface area contributed by atoms with Crippen molar-refractivity contribution in [1.29, 1.82) is 0 Å². The van der Waals surface area contributed by atoms with Crippen LogP contribution >= 0.6 is 0 Å². The number of carbonyl (C=O) groups is 1. The van der Waals surface area contributed by atoms with Crippen LogP contribution in [0.1, 0.15) is 26.3 Å². The molecule has 0 saturated carbocycles. The molecule has 1 aromatic rings. The summed E-state index contributed by atoms with van der Waals surface area (Å²) < 4.78 is 0. The van der Waals surface area contributed by atoms with E-state index < -0.39 is 6.04 Å². The summed E-state index contributed by atoms with van der Waals surface area (Å²) in [6.07, 6.45) is 0. The highest BCUT2D eigenvalue weighted by Crippen LogP contribution is 2.17. The van der Waals surface area contributed by atoms with Gasteiger partial charge in [0.1, 0.15) is 0 Å². The second-order valence-corrected chi connectivity index (χ2v) is 4.40. The number of amides is 1. The molecule has 0 aliphatic heterocycles. The van der Waals surface area contributed by atoms with Crippen molar-refractivity contribution < 1.29 is 4.79 Å². The van der Waals surface area contributed by atoms with Crippen LogP contribution in [0, 0.1) is 0 Å². The molecular weight excluding hydrogens is 226 g/mol. The number of hydrogen-bond donors (Lipinski definition) is 2. The highest BCUT2D eigenvalue weighted by molar-refractivity contribution is 5.95. The molecule has 100 valence electrons. The monoisotopic (exact) mass is 249 g/mol. The molecular formula is C14H23N3O. The van der Waals surface area contributed by atoms with Gasteiger partial charge >= 0.3 is 0 Å². The Morgan fingerprint density at radius 1 is 1.33 bits per heavy atom. The number of anilines is 1. The molecule has 0 radical (unpaired) electrons. The minimum absolute atomic E-state index is 0.151. The van der Waals surface area contributed by atoms with Gasteiger partial charge in [0.05, 0.1) is 6.04 Å². The number of nitrogens with zero attached hydrogens (tertiary/aromatic N) is 1. The molecule has 1 rings (SSSR count). The predicted molar refractivity (Wildman–Crippen MR) is 75.3 cm³/mol. The van der Waals surface area contributed by atoms with E-state index in [1.54, 1.807) is 6.92 Å². The molecule has 18 heavy (non-hydrogen) atoms. The maximum Gasteiger partial charge on any atom is 0.241 e. The van der Waals surface area contributed by atoms with Crippen LogP contribution in [0.4, 0.5) is 5.69 Å². The lowest BCUT2D eigenvalue weighted by atomic mass is 10.1. The number of nitrogens with two attached hydrogens (primary N) is 1. The zero-order valence-corrected chi connectivity index (χ0v) is 11.4. The molecule has 4 nitrogen and oxygen atoms in total. The quantitative estimate of drug-likeness (QED) is 0.808. The van der Waals surface area contributed by atoms with Crippen LogP contribution in [0.2, 0.25) is 0 Å². The van der Waals surface area contributed by atoms with Gasteiger partial charge in [0, 0.05) is 12.2 Å². The summed E-state index contributed by atoms with van der Waals surface area (Å²) in [6.45, 7) is 8.77. The maximum atomic E-state index is 11.6. The molecule has 1 aromatic carbocycles. The first-order valence-corrected chi connectivity index (χ1v) is 6.45. The highest BCUT2D eigenvalue weighted by atomic mass is 16.2. The summed E-state index contributed by atoms with van der Waals surface area (Å²) in [5.74, 6) is -0.151. The van der Waals surface area contributed by atoms with Crippen LogP contribution in [0.3, 0.4) is 0 Å². The fourth-order valence-electron chi connectivity index (χ4n) is 1.71.